The highest BCUT2D eigenvalue weighted by atomic mass is 16.3. The normalized spacial score (nSPS) is 15.6. The summed E-state index contributed by atoms with van der Waals surface area (Å²) in [6, 6.07) is 17.2. The van der Waals surface area contributed by atoms with Crippen LogP contribution in [0.15, 0.2) is 48.5 Å². The van der Waals surface area contributed by atoms with Gasteiger partial charge in [-0.1, -0.05) is 38.1 Å². The van der Waals surface area contributed by atoms with E-state index in [0.29, 0.717) is 11.8 Å². The number of phenols is 1. The third kappa shape index (κ3) is 6.05. The van der Waals surface area contributed by atoms with Crippen LogP contribution in [-0.4, -0.2) is 68.3 Å². The number of phenolic OH excluding ortho intramolecular Hbond substituents is 1. The number of likely N-dealkylation sites (N-methyl/N-ethyl adjacent to an activating group) is 2. The summed E-state index contributed by atoms with van der Waals surface area (Å²) in [5.74, 6) is 0.607. The highest BCUT2D eigenvalue weighted by Gasteiger charge is 2.45. The van der Waals surface area contributed by atoms with Gasteiger partial charge in [0.1, 0.15) is 5.75 Å². The summed E-state index contributed by atoms with van der Waals surface area (Å²) in [7, 11) is 10.9. The van der Waals surface area contributed by atoms with E-state index in [4.69, 9.17) is 0 Å². The molecule has 4 heteroatoms. The smallest absolute Gasteiger partial charge is 0.115 e. The quantitative estimate of drug-likeness (QED) is 0.465. The Balaban J connectivity index is 2.50. The summed E-state index contributed by atoms with van der Waals surface area (Å²) in [5.41, 5.74) is 3.68. The first-order valence-corrected chi connectivity index (χ1v) is 12.1. The molecule has 0 aliphatic carbocycles. The largest absolute Gasteiger partial charge is 0.508 e. The molecule has 2 aromatic rings. The van der Waals surface area contributed by atoms with Gasteiger partial charge in [-0.2, -0.15) is 0 Å². The van der Waals surface area contributed by atoms with Crippen LogP contribution in [0.25, 0.3) is 0 Å². The number of benzene rings is 2. The van der Waals surface area contributed by atoms with Crippen LogP contribution in [0.3, 0.4) is 0 Å². The summed E-state index contributed by atoms with van der Waals surface area (Å²) in [5, 5.41) is 10.2. The standard InChI is InChI=1S/C28H45N3O/c1-9-26(23-16-12-18-25(32)21-23)28(3,27(10-2)30(6)7)31(8)24-17-11-14-22(20-24)15-13-19-29(4)5/h11-12,14,16-18,20-21,26-27,32H,9-10,13,15,19H2,1-8H3. The van der Waals surface area contributed by atoms with Crippen LogP contribution in [0.1, 0.15) is 57.1 Å². The van der Waals surface area contributed by atoms with Gasteiger partial charge >= 0.3 is 0 Å². The summed E-state index contributed by atoms with van der Waals surface area (Å²) in [6.45, 7) is 8.05. The van der Waals surface area contributed by atoms with Crippen molar-refractivity contribution in [1.29, 1.82) is 0 Å². The van der Waals surface area contributed by atoms with Crippen molar-refractivity contribution in [1.82, 2.24) is 9.80 Å². The van der Waals surface area contributed by atoms with E-state index in [0.717, 1.165) is 32.2 Å². The van der Waals surface area contributed by atoms with E-state index >= 15 is 0 Å². The van der Waals surface area contributed by atoms with Gasteiger partial charge in [0.05, 0.1) is 5.54 Å². The van der Waals surface area contributed by atoms with Gasteiger partial charge in [-0.3, -0.25) is 0 Å². The minimum atomic E-state index is -0.164. The fourth-order valence-electron chi connectivity index (χ4n) is 5.52. The first-order chi connectivity index (χ1) is 15.1. The molecule has 3 atom stereocenters. The van der Waals surface area contributed by atoms with E-state index in [1.54, 1.807) is 6.07 Å². The van der Waals surface area contributed by atoms with E-state index < -0.39 is 0 Å². The second-order valence-corrected chi connectivity index (χ2v) is 9.81. The number of aromatic hydroxyl groups is 1. The fraction of sp³-hybridized carbons (Fsp3) is 0.571. The van der Waals surface area contributed by atoms with E-state index in [1.165, 1.54) is 16.8 Å². The van der Waals surface area contributed by atoms with E-state index in [9.17, 15) is 5.11 Å². The Hall–Kier alpha value is -2.04. The first kappa shape index (κ1) is 26.2. The summed E-state index contributed by atoms with van der Waals surface area (Å²) in [4.78, 5) is 7.11. The number of hydrogen-bond acceptors (Lipinski definition) is 4. The Morgan fingerprint density at radius 3 is 2.16 bits per heavy atom. The number of hydrogen-bond donors (Lipinski definition) is 1. The predicted molar refractivity (Wildman–Crippen MR) is 139 cm³/mol. The maximum atomic E-state index is 10.2. The predicted octanol–water partition coefficient (Wildman–Crippen LogP) is 5.62. The van der Waals surface area contributed by atoms with Crippen molar-refractivity contribution in [2.45, 2.75) is 64.0 Å². The van der Waals surface area contributed by atoms with Crippen molar-refractivity contribution in [2.75, 3.05) is 46.7 Å². The zero-order chi connectivity index (χ0) is 23.9. The highest BCUT2D eigenvalue weighted by molar-refractivity contribution is 5.52. The van der Waals surface area contributed by atoms with Gasteiger partial charge in [0.2, 0.25) is 0 Å². The van der Waals surface area contributed by atoms with Gasteiger partial charge < -0.3 is 19.8 Å². The van der Waals surface area contributed by atoms with Crippen LogP contribution in [0.4, 0.5) is 5.69 Å². The van der Waals surface area contributed by atoms with Gasteiger partial charge in [-0.15, -0.1) is 0 Å². The number of anilines is 1. The molecule has 0 spiro atoms. The number of nitrogens with zero attached hydrogens (tertiary/aromatic N) is 3. The number of rotatable bonds is 12. The topological polar surface area (TPSA) is 30.0 Å². The molecule has 178 valence electrons. The van der Waals surface area contributed by atoms with Crippen molar-refractivity contribution in [3.63, 3.8) is 0 Å². The Kier molecular flexibility index (Phi) is 9.60. The molecule has 2 aromatic carbocycles. The first-order valence-electron chi connectivity index (χ1n) is 12.1. The van der Waals surface area contributed by atoms with Crippen molar-refractivity contribution in [3.05, 3.63) is 59.7 Å². The molecule has 0 saturated heterocycles. The molecule has 0 aliphatic heterocycles. The van der Waals surface area contributed by atoms with E-state index in [2.05, 4.69) is 101 Å². The van der Waals surface area contributed by atoms with Crippen molar-refractivity contribution in [3.8, 4) is 5.75 Å². The van der Waals surface area contributed by atoms with Gasteiger partial charge in [-0.25, -0.2) is 0 Å². The van der Waals surface area contributed by atoms with Crippen LogP contribution in [0.5, 0.6) is 5.75 Å². The molecule has 0 radical (unpaired) electrons. The molecule has 0 aromatic heterocycles. The second-order valence-electron chi connectivity index (χ2n) is 9.81. The Bertz CT molecular complexity index is 835. The lowest BCUT2D eigenvalue weighted by Crippen LogP contribution is -2.61. The maximum absolute atomic E-state index is 10.2. The molecular formula is C28H45N3O. The van der Waals surface area contributed by atoms with Gasteiger partial charge in [0, 0.05) is 24.7 Å². The molecule has 0 saturated carbocycles. The highest BCUT2D eigenvalue weighted by Crippen LogP contribution is 2.43. The Morgan fingerprint density at radius 1 is 0.906 bits per heavy atom. The molecule has 32 heavy (non-hydrogen) atoms. The second kappa shape index (κ2) is 11.7. The lowest BCUT2D eigenvalue weighted by molar-refractivity contribution is 0.150. The lowest BCUT2D eigenvalue weighted by atomic mass is 9.71. The van der Waals surface area contributed by atoms with Crippen LogP contribution >= 0.6 is 0 Å². The van der Waals surface area contributed by atoms with Gasteiger partial charge in [-0.05, 0) is 103 Å². The molecule has 0 bridgehead atoms. The van der Waals surface area contributed by atoms with Crippen LogP contribution in [0, 0.1) is 0 Å². The molecule has 0 amide bonds. The molecular weight excluding hydrogens is 394 g/mol. The van der Waals surface area contributed by atoms with E-state index in [-0.39, 0.29) is 11.5 Å². The van der Waals surface area contributed by atoms with E-state index in [1.807, 2.05) is 12.1 Å². The molecule has 0 fully saturated rings. The SMILES string of the molecule is CCC(c1cccc(O)c1)C(C)(C(CC)N(C)C)N(C)c1cccc(CCCN(C)C)c1. The van der Waals surface area contributed by atoms with Gasteiger partial charge in [0.25, 0.3) is 0 Å². The summed E-state index contributed by atoms with van der Waals surface area (Å²) in [6.07, 6.45) is 4.29. The molecule has 2 rings (SSSR count). The Labute approximate surface area is 196 Å². The van der Waals surface area contributed by atoms with Crippen molar-refractivity contribution < 1.29 is 5.11 Å². The summed E-state index contributed by atoms with van der Waals surface area (Å²) >= 11 is 0. The minimum absolute atomic E-state index is 0.164. The average Bonchev–Trinajstić information content (AvgIpc) is 2.74. The zero-order valence-corrected chi connectivity index (χ0v) is 21.6. The van der Waals surface area contributed by atoms with Crippen LogP contribution < -0.4 is 4.90 Å². The fourth-order valence-corrected chi connectivity index (χ4v) is 5.52. The monoisotopic (exact) mass is 439 g/mol. The minimum Gasteiger partial charge on any atom is -0.508 e. The zero-order valence-electron chi connectivity index (χ0n) is 21.6. The average molecular weight is 440 g/mol. The third-order valence-corrected chi connectivity index (χ3v) is 7.16. The van der Waals surface area contributed by atoms with Crippen LogP contribution in [0.2, 0.25) is 0 Å². The lowest BCUT2D eigenvalue weighted by Gasteiger charge is -2.53. The third-order valence-electron chi connectivity index (χ3n) is 7.16. The molecule has 3 unspecified atom stereocenters. The molecule has 4 nitrogen and oxygen atoms in total. The Morgan fingerprint density at radius 2 is 1.59 bits per heavy atom. The van der Waals surface area contributed by atoms with Crippen LogP contribution in [-0.2, 0) is 6.42 Å². The van der Waals surface area contributed by atoms with Crippen molar-refractivity contribution in [2.24, 2.45) is 0 Å². The van der Waals surface area contributed by atoms with Crippen molar-refractivity contribution >= 4 is 5.69 Å². The molecule has 0 aliphatic rings. The van der Waals surface area contributed by atoms with Gasteiger partial charge in [0.15, 0.2) is 0 Å². The molecule has 0 heterocycles. The molecule has 1 N–H and O–H groups in total. The summed E-state index contributed by atoms with van der Waals surface area (Å²) < 4.78 is 0. The number of aryl methyl sites for hydroxylation is 1. The maximum Gasteiger partial charge on any atom is 0.115 e.